The zero-order valence-electron chi connectivity index (χ0n) is 16.1. The topological polar surface area (TPSA) is 68.0 Å². The van der Waals surface area contributed by atoms with Gasteiger partial charge in [0.05, 0.1) is 23.3 Å². The summed E-state index contributed by atoms with van der Waals surface area (Å²) in [6.45, 7) is 2.92. The first-order valence-corrected chi connectivity index (χ1v) is 9.38. The Hall–Kier alpha value is -2.35. The van der Waals surface area contributed by atoms with Crippen LogP contribution >= 0.6 is 24.8 Å². The molecule has 0 fully saturated rings. The van der Waals surface area contributed by atoms with E-state index in [1.165, 1.54) is 0 Å². The summed E-state index contributed by atoms with van der Waals surface area (Å²) in [5, 5.41) is 8.01. The number of carbonyl (C=O) groups excluding carboxylic acids is 1. The van der Waals surface area contributed by atoms with E-state index in [0.29, 0.717) is 6.54 Å². The molecule has 0 bridgehead atoms. The molecule has 2 aliphatic heterocycles. The molecular formula is C20H24Cl2N6O. The summed E-state index contributed by atoms with van der Waals surface area (Å²) in [7, 11) is 2.02. The number of halogens is 2. The van der Waals surface area contributed by atoms with Crippen molar-refractivity contribution in [2.45, 2.75) is 25.6 Å². The van der Waals surface area contributed by atoms with Gasteiger partial charge in [0.2, 0.25) is 5.91 Å². The Kier molecular flexibility index (Phi) is 6.31. The molecule has 0 radical (unpaired) electrons. The molecule has 7 nitrogen and oxygen atoms in total. The van der Waals surface area contributed by atoms with Crippen molar-refractivity contribution >= 4 is 41.8 Å². The van der Waals surface area contributed by atoms with Gasteiger partial charge >= 0.3 is 0 Å². The van der Waals surface area contributed by atoms with E-state index in [1.807, 2.05) is 47.0 Å². The van der Waals surface area contributed by atoms with Gasteiger partial charge in [0.15, 0.2) is 5.82 Å². The lowest BCUT2D eigenvalue weighted by Gasteiger charge is -2.23. The van der Waals surface area contributed by atoms with Gasteiger partial charge in [0.25, 0.3) is 0 Å². The van der Waals surface area contributed by atoms with Gasteiger partial charge in [-0.05, 0) is 24.6 Å². The van der Waals surface area contributed by atoms with Crippen molar-refractivity contribution in [3.8, 4) is 11.5 Å². The Morgan fingerprint density at radius 2 is 2.03 bits per heavy atom. The molecule has 1 amide bonds. The quantitative estimate of drug-likeness (QED) is 0.629. The normalized spacial score (nSPS) is 18.1. The number of amides is 1. The van der Waals surface area contributed by atoms with E-state index in [4.69, 9.17) is 10.1 Å². The number of aromatic nitrogens is 4. The van der Waals surface area contributed by atoms with Crippen LogP contribution in [0.3, 0.4) is 0 Å². The second kappa shape index (κ2) is 8.57. The van der Waals surface area contributed by atoms with Crippen molar-refractivity contribution in [1.82, 2.24) is 29.5 Å². The number of benzene rings is 1. The highest BCUT2D eigenvalue weighted by Gasteiger charge is 2.27. The minimum Gasteiger partial charge on any atom is -0.335 e. The van der Waals surface area contributed by atoms with Gasteiger partial charge in [-0.2, -0.15) is 5.10 Å². The number of hydrogen-bond acceptors (Lipinski definition) is 4. The van der Waals surface area contributed by atoms with E-state index in [2.05, 4.69) is 22.0 Å². The maximum absolute atomic E-state index is 12.8. The molecule has 1 aromatic carbocycles. The van der Waals surface area contributed by atoms with E-state index in [9.17, 15) is 4.79 Å². The average Bonchev–Trinajstić information content (AvgIpc) is 3.39. The Morgan fingerprint density at radius 1 is 1.21 bits per heavy atom. The summed E-state index contributed by atoms with van der Waals surface area (Å²) >= 11 is 0. The van der Waals surface area contributed by atoms with Crippen LogP contribution in [0.25, 0.3) is 22.6 Å². The van der Waals surface area contributed by atoms with Crippen LogP contribution in [0.1, 0.15) is 12.1 Å². The molecule has 2 aliphatic rings. The maximum atomic E-state index is 12.8. The molecule has 3 aromatic rings. The molecule has 4 heterocycles. The van der Waals surface area contributed by atoms with Gasteiger partial charge in [-0.25, -0.2) is 4.98 Å². The zero-order chi connectivity index (χ0) is 18.4. The molecule has 154 valence electrons. The van der Waals surface area contributed by atoms with Crippen LogP contribution in [0, 0.1) is 0 Å². The fourth-order valence-corrected chi connectivity index (χ4v) is 3.97. The maximum Gasteiger partial charge on any atom is 0.244 e. The number of hydrogen-bond donors (Lipinski definition) is 1. The van der Waals surface area contributed by atoms with Gasteiger partial charge < -0.3 is 9.47 Å². The van der Waals surface area contributed by atoms with Gasteiger partial charge in [0, 0.05) is 26.7 Å². The number of imidazole rings is 1. The van der Waals surface area contributed by atoms with Crippen molar-refractivity contribution in [2.75, 3.05) is 13.1 Å². The van der Waals surface area contributed by atoms with Crippen LogP contribution in [-0.2, 0) is 24.9 Å². The highest BCUT2D eigenvalue weighted by molar-refractivity contribution is 5.86. The molecule has 1 N–H and O–H groups in total. The third kappa shape index (κ3) is 3.77. The number of para-hydroxylation sites is 2. The van der Waals surface area contributed by atoms with E-state index in [-0.39, 0.29) is 36.8 Å². The molecule has 0 saturated heterocycles. The predicted molar refractivity (Wildman–Crippen MR) is 117 cm³/mol. The molecule has 0 aliphatic carbocycles. The van der Waals surface area contributed by atoms with Crippen molar-refractivity contribution < 1.29 is 4.79 Å². The summed E-state index contributed by atoms with van der Waals surface area (Å²) < 4.78 is 4.10. The first-order valence-electron chi connectivity index (χ1n) is 9.38. The Labute approximate surface area is 181 Å². The molecule has 9 heteroatoms. The molecular weight excluding hydrogens is 411 g/mol. The molecule has 0 saturated carbocycles. The van der Waals surface area contributed by atoms with E-state index in [0.717, 1.165) is 54.3 Å². The number of carbonyl (C=O) groups is 1. The Bertz CT molecular complexity index is 1060. The van der Waals surface area contributed by atoms with Gasteiger partial charge in [-0.1, -0.05) is 24.3 Å². The largest absolute Gasteiger partial charge is 0.335 e. The zero-order valence-corrected chi connectivity index (χ0v) is 17.7. The Morgan fingerprint density at radius 3 is 2.79 bits per heavy atom. The number of nitrogens with zero attached hydrogens (tertiary/aromatic N) is 5. The second-order valence-corrected chi connectivity index (χ2v) is 7.15. The number of fused-ring (bicyclic) bond motifs is 2. The lowest BCUT2D eigenvalue weighted by atomic mass is 10.2. The van der Waals surface area contributed by atoms with Crippen LogP contribution in [-0.4, -0.2) is 49.3 Å². The Balaban J connectivity index is 0.00000120. The second-order valence-electron chi connectivity index (χ2n) is 7.15. The van der Waals surface area contributed by atoms with Gasteiger partial charge in [-0.3, -0.25) is 14.8 Å². The summed E-state index contributed by atoms with van der Waals surface area (Å²) in [4.78, 5) is 19.5. The molecule has 1 atom stereocenters. The molecule has 29 heavy (non-hydrogen) atoms. The fourth-order valence-electron chi connectivity index (χ4n) is 3.97. The van der Waals surface area contributed by atoms with Crippen molar-refractivity contribution in [1.29, 1.82) is 0 Å². The molecule has 5 rings (SSSR count). The van der Waals surface area contributed by atoms with Crippen LogP contribution < -0.4 is 5.32 Å². The standard InChI is InChI=1S/C20H22N6O.2ClH/c1-24-18-8-3-2-6-15(18)22-19(24)17-12-14-13-25(10-5-11-26(14)23-17)20(27)16-7-4-9-21-16;;/h2-4,6-8,12,16,21H,5,9-11,13H2,1H3;2*1H. The molecule has 1 unspecified atom stereocenters. The summed E-state index contributed by atoms with van der Waals surface area (Å²) in [5.74, 6) is 0.998. The smallest absolute Gasteiger partial charge is 0.244 e. The van der Waals surface area contributed by atoms with Crippen LogP contribution in [0.15, 0.2) is 42.5 Å². The van der Waals surface area contributed by atoms with Crippen molar-refractivity contribution in [2.24, 2.45) is 7.05 Å². The SMILES string of the molecule is Cl.Cl.Cn1c(-c2cc3n(n2)CCCN(C(=O)C2C=CCN2)C3)nc2ccccc21. The average molecular weight is 435 g/mol. The van der Waals surface area contributed by atoms with E-state index < -0.39 is 0 Å². The van der Waals surface area contributed by atoms with Crippen molar-refractivity contribution in [3.05, 3.63) is 48.2 Å². The first kappa shape index (κ1) is 21.4. The third-order valence-corrected chi connectivity index (χ3v) is 5.39. The van der Waals surface area contributed by atoms with Crippen LogP contribution in [0.4, 0.5) is 0 Å². The van der Waals surface area contributed by atoms with Gasteiger partial charge in [-0.15, -0.1) is 24.8 Å². The minimum absolute atomic E-state index is 0. The predicted octanol–water partition coefficient (Wildman–Crippen LogP) is 2.54. The van der Waals surface area contributed by atoms with Crippen LogP contribution in [0.2, 0.25) is 0 Å². The van der Waals surface area contributed by atoms with E-state index in [1.54, 1.807) is 0 Å². The monoisotopic (exact) mass is 434 g/mol. The van der Waals surface area contributed by atoms with Crippen LogP contribution in [0.5, 0.6) is 0 Å². The van der Waals surface area contributed by atoms with E-state index >= 15 is 0 Å². The first-order chi connectivity index (χ1) is 13.2. The number of rotatable bonds is 2. The summed E-state index contributed by atoms with van der Waals surface area (Å²) in [6.07, 6.45) is 4.86. The fraction of sp³-hybridized carbons (Fsp3) is 0.350. The number of aryl methyl sites for hydroxylation is 2. The highest BCUT2D eigenvalue weighted by atomic mass is 35.5. The van der Waals surface area contributed by atoms with Crippen molar-refractivity contribution in [3.63, 3.8) is 0 Å². The van der Waals surface area contributed by atoms with Gasteiger partial charge in [0.1, 0.15) is 11.7 Å². The lowest BCUT2D eigenvalue weighted by molar-refractivity contribution is -0.132. The summed E-state index contributed by atoms with van der Waals surface area (Å²) in [5.41, 5.74) is 3.97. The number of nitrogens with one attached hydrogen (secondary N) is 1. The highest BCUT2D eigenvalue weighted by Crippen LogP contribution is 2.25. The third-order valence-electron chi connectivity index (χ3n) is 5.39. The summed E-state index contributed by atoms with van der Waals surface area (Å²) in [6, 6.07) is 9.98. The minimum atomic E-state index is -0.196. The molecule has 0 spiro atoms. The molecule has 2 aromatic heterocycles. The lowest BCUT2D eigenvalue weighted by Crippen LogP contribution is -2.43.